The van der Waals surface area contributed by atoms with Crippen molar-refractivity contribution in [2.24, 2.45) is 0 Å². The van der Waals surface area contributed by atoms with Crippen LogP contribution in [0.3, 0.4) is 0 Å². The summed E-state index contributed by atoms with van der Waals surface area (Å²) in [5, 5.41) is 10.3. The largest absolute Gasteiger partial charge is 0.472 e. The molecule has 0 saturated heterocycles. The molecular formula is C45H86O17P2. The Labute approximate surface area is 384 Å². The summed E-state index contributed by atoms with van der Waals surface area (Å²) in [5.41, 5.74) is 0. The molecule has 0 amide bonds. The highest BCUT2D eigenvalue weighted by molar-refractivity contribution is 7.47. The van der Waals surface area contributed by atoms with Crippen LogP contribution in [0.1, 0.15) is 207 Å². The fraction of sp³-hybridized carbons (Fsp3) is 0.911. The number of unbranched alkanes of at least 4 members (excludes halogenated alkanes) is 20. The number of rotatable bonds is 46. The third kappa shape index (κ3) is 40.3. The molecule has 64 heavy (non-hydrogen) atoms. The average molecular weight is 961 g/mol. The Morgan fingerprint density at radius 2 is 0.656 bits per heavy atom. The predicted octanol–water partition coefficient (Wildman–Crippen LogP) is 10.5. The third-order valence-corrected chi connectivity index (χ3v) is 12.0. The lowest BCUT2D eigenvalue weighted by atomic mass is 10.0. The van der Waals surface area contributed by atoms with Gasteiger partial charge in [-0.1, -0.05) is 156 Å². The number of ether oxygens (including phenoxy) is 4. The zero-order chi connectivity index (χ0) is 47.7. The fourth-order valence-electron chi connectivity index (χ4n) is 6.31. The maximum atomic E-state index is 12.7. The van der Waals surface area contributed by atoms with E-state index in [2.05, 4.69) is 13.8 Å². The van der Waals surface area contributed by atoms with Gasteiger partial charge in [-0.05, 0) is 25.7 Å². The Bertz CT molecular complexity index is 1290. The molecule has 0 aromatic carbocycles. The summed E-state index contributed by atoms with van der Waals surface area (Å²) in [6.45, 7) is 4.09. The van der Waals surface area contributed by atoms with E-state index >= 15 is 0 Å². The van der Waals surface area contributed by atoms with Crippen LogP contribution >= 0.6 is 15.6 Å². The van der Waals surface area contributed by atoms with Crippen LogP contribution in [-0.4, -0.2) is 96.7 Å². The zero-order valence-corrected chi connectivity index (χ0v) is 41.5. The summed E-state index contributed by atoms with van der Waals surface area (Å²) in [6.07, 6.45) is 21.3. The SMILES string of the molecule is CCCCCCCCCCCCCCCCC(=O)O[C@H](COC(=O)CCCCCCCC)COP(=O)(O)OC[C@H](O)COP(=O)(O)OC[C@@H](COC(=O)CCCCC)OC(=O)CCC. The number of carbonyl (C=O) groups excluding carboxylic acids is 4. The van der Waals surface area contributed by atoms with Crippen molar-refractivity contribution in [2.45, 2.75) is 226 Å². The van der Waals surface area contributed by atoms with Gasteiger partial charge in [0.25, 0.3) is 0 Å². The Balaban J connectivity index is 4.95. The zero-order valence-electron chi connectivity index (χ0n) is 39.7. The van der Waals surface area contributed by atoms with Crippen molar-refractivity contribution >= 4 is 39.5 Å². The molecule has 3 N–H and O–H groups in total. The van der Waals surface area contributed by atoms with Crippen LogP contribution in [0.25, 0.3) is 0 Å². The molecule has 0 heterocycles. The van der Waals surface area contributed by atoms with Crippen molar-refractivity contribution < 1.29 is 80.2 Å². The normalized spacial score (nSPS) is 14.8. The molecule has 0 aliphatic carbocycles. The standard InChI is InChI=1S/C45H86O17P2/c1-5-9-12-14-16-17-18-19-20-21-22-23-25-28-32-45(50)62-41(36-56-43(48)31-27-24-15-13-10-6-2)38-60-64(53,54)58-34-39(46)33-57-63(51,52)59-37-40(61-44(49)29-8-4)35-55-42(47)30-26-11-7-3/h39-41,46H,5-38H2,1-4H3,(H,51,52)(H,53,54)/t39-,40-,41-/m1/s1. The first-order chi connectivity index (χ1) is 30.7. The lowest BCUT2D eigenvalue weighted by Gasteiger charge is -2.21. The van der Waals surface area contributed by atoms with Crippen LogP contribution in [0.2, 0.25) is 0 Å². The molecule has 0 spiro atoms. The first kappa shape index (κ1) is 62.1. The number of phosphoric ester groups is 2. The smallest absolute Gasteiger partial charge is 0.462 e. The van der Waals surface area contributed by atoms with Crippen LogP contribution in [0, 0.1) is 0 Å². The van der Waals surface area contributed by atoms with Gasteiger partial charge in [0, 0.05) is 25.7 Å². The molecule has 2 unspecified atom stereocenters. The van der Waals surface area contributed by atoms with Crippen molar-refractivity contribution in [3.05, 3.63) is 0 Å². The molecule has 0 fully saturated rings. The molecule has 17 nitrogen and oxygen atoms in total. The first-order valence-corrected chi connectivity index (χ1v) is 27.3. The highest BCUT2D eigenvalue weighted by Gasteiger charge is 2.30. The Morgan fingerprint density at radius 1 is 0.375 bits per heavy atom. The number of carbonyl (C=O) groups is 4. The quantitative estimate of drug-likeness (QED) is 0.0222. The first-order valence-electron chi connectivity index (χ1n) is 24.3. The molecule has 0 saturated carbocycles. The van der Waals surface area contributed by atoms with E-state index < -0.39 is 97.5 Å². The molecule has 0 radical (unpaired) electrons. The van der Waals surface area contributed by atoms with E-state index in [1.54, 1.807) is 6.92 Å². The molecule has 0 aromatic rings. The monoisotopic (exact) mass is 961 g/mol. The summed E-state index contributed by atoms with van der Waals surface area (Å²) in [6, 6.07) is 0. The van der Waals surface area contributed by atoms with Crippen LogP contribution < -0.4 is 0 Å². The summed E-state index contributed by atoms with van der Waals surface area (Å²) >= 11 is 0. The topological polar surface area (TPSA) is 237 Å². The number of aliphatic hydroxyl groups is 1. The Hall–Kier alpha value is -1.94. The van der Waals surface area contributed by atoms with Gasteiger partial charge in [0.05, 0.1) is 26.4 Å². The van der Waals surface area contributed by atoms with E-state index in [4.69, 9.17) is 37.0 Å². The summed E-state index contributed by atoms with van der Waals surface area (Å²) in [5.74, 6) is -2.25. The van der Waals surface area contributed by atoms with Gasteiger partial charge in [-0.3, -0.25) is 37.3 Å². The van der Waals surface area contributed by atoms with Crippen molar-refractivity contribution in [2.75, 3.05) is 39.6 Å². The summed E-state index contributed by atoms with van der Waals surface area (Å²) < 4.78 is 66.0. The lowest BCUT2D eigenvalue weighted by molar-refractivity contribution is -0.161. The highest BCUT2D eigenvalue weighted by atomic mass is 31.2. The second-order valence-electron chi connectivity index (χ2n) is 16.4. The molecular weight excluding hydrogens is 874 g/mol. The second-order valence-corrected chi connectivity index (χ2v) is 19.3. The summed E-state index contributed by atoms with van der Waals surface area (Å²) in [4.78, 5) is 69.7. The van der Waals surface area contributed by atoms with E-state index in [0.29, 0.717) is 25.7 Å². The van der Waals surface area contributed by atoms with E-state index in [1.165, 1.54) is 57.8 Å². The third-order valence-electron chi connectivity index (χ3n) is 10.1. The van der Waals surface area contributed by atoms with Gasteiger partial charge in [-0.25, -0.2) is 9.13 Å². The maximum Gasteiger partial charge on any atom is 0.472 e. The van der Waals surface area contributed by atoms with Gasteiger partial charge in [-0.2, -0.15) is 0 Å². The minimum atomic E-state index is -4.91. The van der Waals surface area contributed by atoms with E-state index in [1.807, 2.05) is 6.92 Å². The highest BCUT2D eigenvalue weighted by Crippen LogP contribution is 2.45. The van der Waals surface area contributed by atoms with E-state index in [-0.39, 0.29) is 25.7 Å². The van der Waals surface area contributed by atoms with Crippen LogP contribution in [-0.2, 0) is 65.4 Å². The van der Waals surface area contributed by atoms with Gasteiger partial charge in [0.1, 0.15) is 19.3 Å². The molecule has 0 aromatic heterocycles. The van der Waals surface area contributed by atoms with Crippen LogP contribution in [0.4, 0.5) is 0 Å². The number of hydrogen-bond donors (Lipinski definition) is 3. The van der Waals surface area contributed by atoms with Gasteiger partial charge >= 0.3 is 39.5 Å². The minimum absolute atomic E-state index is 0.0526. The number of aliphatic hydroxyl groups excluding tert-OH is 1. The van der Waals surface area contributed by atoms with Gasteiger partial charge in [0.15, 0.2) is 12.2 Å². The molecule has 19 heteroatoms. The van der Waals surface area contributed by atoms with Crippen molar-refractivity contribution in [1.29, 1.82) is 0 Å². The molecule has 5 atom stereocenters. The Kier molecular flexibility index (Phi) is 40.0. The maximum absolute atomic E-state index is 12.7. The van der Waals surface area contributed by atoms with Crippen molar-refractivity contribution in [3.63, 3.8) is 0 Å². The van der Waals surface area contributed by atoms with Crippen LogP contribution in [0.15, 0.2) is 0 Å². The fourth-order valence-corrected chi connectivity index (χ4v) is 7.89. The molecule has 0 rings (SSSR count). The van der Waals surface area contributed by atoms with E-state index in [0.717, 1.165) is 70.6 Å². The molecule has 0 bridgehead atoms. The number of esters is 4. The number of phosphoric acid groups is 2. The van der Waals surface area contributed by atoms with Crippen molar-refractivity contribution in [3.8, 4) is 0 Å². The predicted molar refractivity (Wildman–Crippen MR) is 243 cm³/mol. The minimum Gasteiger partial charge on any atom is -0.462 e. The van der Waals surface area contributed by atoms with Crippen molar-refractivity contribution in [1.82, 2.24) is 0 Å². The molecule has 0 aliphatic rings. The molecule has 378 valence electrons. The van der Waals surface area contributed by atoms with Crippen LogP contribution in [0.5, 0.6) is 0 Å². The van der Waals surface area contributed by atoms with Gasteiger partial charge in [-0.15, -0.1) is 0 Å². The number of hydrogen-bond acceptors (Lipinski definition) is 15. The van der Waals surface area contributed by atoms with Gasteiger partial charge in [0.2, 0.25) is 0 Å². The Morgan fingerprint density at radius 3 is 1.02 bits per heavy atom. The lowest BCUT2D eigenvalue weighted by Crippen LogP contribution is -2.30. The average Bonchev–Trinajstić information content (AvgIpc) is 3.25. The van der Waals surface area contributed by atoms with Gasteiger partial charge < -0.3 is 33.8 Å². The molecule has 0 aliphatic heterocycles. The summed E-state index contributed by atoms with van der Waals surface area (Å²) in [7, 11) is -9.80. The second kappa shape index (κ2) is 41.3. The van der Waals surface area contributed by atoms with E-state index in [9.17, 15) is 43.2 Å².